The number of methoxy groups -OCH3 is 1. The lowest BCUT2D eigenvalue weighted by atomic mass is 10.1. The second-order valence-electron chi connectivity index (χ2n) is 7.39. The maximum atomic E-state index is 12.6. The van der Waals surface area contributed by atoms with Crippen molar-refractivity contribution in [2.24, 2.45) is 5.92 Å². The second-order valence-corrected chi connectivity index (χ2v) is 8.16. The van der Waals surface area contributed by atoms with Gasteiger partial charge >= 0.3 is 0 Å². The first-order valence-electron chi connectivity index (χ1n) is 9.76. The first kappa shape index (κ1) is 21.2. The summed E-state index contributed by atoms with van der Waals surface area (Å²) in [7, 11) is 1.62. The predicted molar refractivity (Wildman–Crippen MR) is 115 cm³/mol. The van der Waals surface area contributed by atoms with Crippen molar-refractivity contribution >= 4 is 28.6 Å². The number of fused-ring (bicyclic) bond motifs is 1. The Morgan fingerprint density at radius 3 is 2.83 bits per heavy atom. The molecule has 29 heavy (non-hydrogen) atoms. The van der Waals surface area contributed by atoms with Crippen LogP contribution < -0.4 is 10.1 Å². The molecule has 0 aliphatic rings. The molecule has 2 heterocycles. The quantitative estimate of drug-likeness (QED) is 0.418. The molecule has 1 N–H and O–H groups in total. The summed E-state index contributed by atoms with van der Waals surface area (Å²) in [5.41, 5.74) is 1.50. The van der Waals surface area contributed by atoms with E-state index in [2.05, 4.69) is 33.9 Å². The molecule has 1 amide bonds. The maximum Gasteiger partial charge on any atom is 0.287 e. The molecule has 0 bridgehead atoms. The van der Waals surface area contributed by atoms with E-state index in [1.54, 1.807) is 18.9 Å². The van der Waals surface area contributed by atoms with Gasteiger partial charge in [-0.2, -0.15) is 0 Å². The zero-order chi connectivity index (χ0) is 21.0. The minimum Gasteiger partial charge on any atom is -0.497 e. The van der Waals surface area contributed by atoms with Crippen LogP contribution in [0.25, 0.3) is 11.0 Å². The molecular formula is C21H28N4O3S. The van der Waals surface area contributed by atoms with Crippen LogP contribution in [0.4, 0.5) is 0 Å². The van der Waals surface area contributed by atoms with E-state index in [-0.39, 0.29) is 5.91 Å². The monoisotopic (exact) mass is 416 g/mol. The van der Waals surface area contributed by atoms with Gasteiger partial charge in [-0.05, 0) is 43.7 Å². The summed E-state index contributed by atoms with van der Waals surface area (Å²) in [5, 5.41) is 13.4. The number of ether oxygens (including phenoxy) is 1. The summed E-state index contributed by atoms with van der Waals surface area (Å²) in [5.74, 6) is 2.37. The van der Waals surface area contributed by atoms with Crippen LogP contribution in [0.1, 0.15) is 42.2 Å². The fourth-order valence-electron chi connectivity index (χ4n) is 3.28. The van der Waals surface area contributed by atoms with Gasteiger partial charge in [0.2, 0.25) is 0 Å². The van der Waals surface area contributed by atoms with E-state index in [1.807, 2.05) is 31.4 Å². The lowest BCUT2D eigenvalue weighted by Crippen LogP contribution is -2.25. The van der Waals surface area contributed by atoms with Crippen LogP contribution in [0.3, 0.4) is 0 Å². The summed E-state index contributed by atoms with van der Waals surface area (Å²) < 4.78 is 13.2. The smallest absolute Gasteiger partial charge is 0.287 e. The Morgan fingerprint density at radius 2 is 2.14 bits per heavy atom. The molecule has 2 aromatic heterocycles. The third-order valence-electron chi connectivity index (χ3n) is 4.74. The molecule has 0 atom stereocenters. The van der Waals surface area contributed by atoms with E-state index in [0.29, 0.717) is 23.8 Å². The van der Waals surface area contributed by atoms with Gasteiger partial charge in [0, 0.05) is 30.5 Å². The molecule has 0 aliphatic heterocycles. The number of hydrogen-bond donors (Lipinski definition) is 1. The lowest BCUT2D eigenvalue weighted by Gasteiger charge is -2.11. The molecule has 0 saturated heterocycles. The first-order chi connectivity index (χ1) is 13.9. The summed E-state index contributed by atoms with van der Waals surface area (Å²) in [6.45, 7) is 7.69. The maximum absolute atomic E-state index is 12.6. The minimum atomic E-state index is -0.203. The van der Waals surface area contributed by atoms with Crippen LogP contribution in [0, 0.1) is 12.8 Å². The SMILES string of the molecule is COc1ccc2oc(C(=O)NCCCc3nnc(SC)n3CC(C)C)c(C)c2c1. The molecule has 3 rings (SSSR count). The van der Waals surface area contributed by atoms with Crippen LogP contribution >= 0.6 is 11.8 Å². The average molecular weight is 417 g/mol. The average Bonchev–Trinajstić information content (AvgIpc) is 3.25. The Labute approximate surface area is 175 Å². The van der Waals surface area contributed by atoms with Crippen molar-refractivity contribution in [3.63, 3.8) is 0 Å². The Kier molecular flexibility index (Phi) is 6.84. The van der Waals surface area contributed by atoms with Crippen molar-refractivity contribution in [2.45, 2.75) is 45.3 Å². The number of hydrogen-bond acceptors (Lipinski definition) is 6. The molecule has 8 heteroatoms. The van der Waals surface area contributed by atoms with Gasteiger partial charge in [-0.1, -0.05) is 25.6 Å². The molecule has 156 valence electrons. The summed E-state index contributed by atoms with van der Waals surface area (Å²) in [4.78, 5) is 12.6. The number of benzene rings is 1. The third kappa shape index (κ3) is 4.75. The number of carbonyl (C=O) groups is 1. The van der Waals surface area contributed by atoms with Crippen LogP contribution in [-0.4, -0.2) is 40.6 Å². The highest BCUT2D eigenvalue weighted by atomic mass is 32.2. The van der Waals surface area contributed by atoms with Gasteiger partial charge < -0.3 is 19.0 Å². The van der Waals surface area contributed by atoms with Gasteiger partial charge in [0.25, 0.3) is 5.91 Å². The van der Waals surface area contributed by atoms with Crippen molar-refractivity contribution in [3.05, 3.63) is 35.3 Å². The zero-order valence-corrected chi connectivity index (χ0v) is 18.4. The van der Waals surface area contributed by atoms with Crippen molar-refractivity contribution in [2.75, 3.05) is 19.9 Å². The van der Waals surface area contributed by atoms with Gasteiger partial charge in [0.05, 0.1) is 7.11 Å². The number of aromatic nitrogens is 3. The van der Waals surface area contributed by atoms with Crippen LogP contribution in [0.5, 0.6) is 5.75 Å². The van der Waals surface area contributed by atoms with Crippen molar-refractivity contribution in [1.82, 2.24) is 20.1 Å². The van der Waals surface area contributed by atoms with Gasteiger partial charge in [-0.25, -0.2) is 0 Å². The zero-order valence-electron chi connectivity index (χ0n) is 17.6. The molecule has 7 nitrogen and oxygen atoms in total. The Hall–Kier alpha value is -2.48. The Balaban J connectivity index is 1.60. The summed E-state index contributed by atoms with van der Waals surface area (Å²) in [6.07, 6.45) is 3.55. The molecule has 0 unspecified atom stereocenters. The number of furan rings is 1. The van der Waals surface area contributed by atoms with E-state index in [9.17, 15) is 4.79 Å². The minimum absolute atomic E-state index is 0.203. The second kappa shape index (κ2) is 9.35. The molecule has 0 saturated carbocycles. The van der Waals surface area contributed by atoms with Gasteiger partial charge in [0.1, 0.15) is 17.2 Å². The van der Waals surface area contributed by atoms with Crippen LogP contribution in [0.2, 0.25) is 0 Å². The van der Waals surface area contributed by atoms with Gasteiger partial charge in [0.15, 0.2) is 10.9 Å². The molecule has 3 aromatic rings. The van der Waals surface area contributed by atoms with Crippen molar-refractivity contribution in [1.29, 1.82) is 0 Å². The summed E-state index contributed by atoms with van der Waals surface area (Å²) in [6, 6.07) is 5.53. The van der Waals surface area contributed by atoms with Crippen molar-refractivity contribution < 1.29 is 13.9 Å². The summed E-state index contributed by atoms with van der Waals surface area (Å²) >= 11 is 1.60. The largest absolute Gasteiger partial charge is 0.497 e. The van der Waals surface area contributed by atoms with E-state index >= 15 is 0 Å². The highest BCUT2D eigenvalue weighted by Crippen LogP contribution is 2.28. The highest BCUT2D eigenvalue weighted by Gasteiger charge is 2.18. The fourth-order valence-corrected chi connectivity index (χ4v) is 3.80. The normalized spacial score (nSPS) is 11.4. The molecule has 1 aromatic carbocycles. The number of rotatable bonds is 9. The Bertz CT molecular complexity index is 993. The van der Waals surface area contributed by atoms with E-state index in [0.717, 1.165) is 47.1 Å². The first-order valence-corrected chi connectivity index (χ1v) is 11.0. The molecule has 0 radical (unpaired) electrons. The van der Waals surface area contributed by atoms with E-state index < -0.39 is 0 Å². The lowest BCUT2D eigenvalue weighted by molar-refractivity contribution is 0.0926. The fraction of sp³-hybridized carbons (Fsp3) is 0.476. The highest BCUT2D eigenvalue weighted by molar-refractivity contribution is 7.98. The van der Waals surface area contributed by atoms with Crippen LogP contribution in [-0.2, 0) is 13.0 Å². The number of nitrogens with one attached hydrogen (secondary N) is 1. The molecular weight excluding hydrogens is 388 g/mol. The van der Waals surface area contributed by atoms with E-state index in [4.69, 9.17) is 9.15 Å². The number of thioether (sulfide) groups is 1. The topological polar surface area (TPSA) is 82.2 Å². The predicted octanol–water partition coefficient (Wildman–Crippen LogP) is 4.08. The van der Waals surface area contributed by atoms with Crippen LogP contribution in [0.15, 0.2) is 27.8 Å². The van der Waals surface area contributed by atoms with Gasteiger partial charge in [-0.3, -0.25) is 4.79 Å². The number of nitrogens with zero attached hydrogens (tertiary/aromatic N) is 3. The number of aryl methyl sites for hydroxylation is 2. The number of amides is 1. The molecule has 0 fully saturated rings. The number of carbonyl (C=O) groups excluding carboxylic acids is 1. The standard InChI is InChI=1S/C21H28N4O3S/c1-13(2)12-25-18(23-24-21(25)29-5)7-6-10-22-20(26)19-14(3)16-11-15(27-4)8-9-17(16)28-19/h8-9,11,13H,6-7,10,12H2,1-5H3,(H,22,26). The molecule has 0 spiro atoms. The Morgan fingerprint density at radius 1 is 1.34 bits per heavy atom. The van der Waals surface area contributed by atoms with E-state index in [1.165, 1.54) is 0 Å². The van der Waals surface area contributed by atoms with Gasteiger partial charge in [-0.15, -0.1) is 10.2 Å². The van der Waals surface area contributed by atoms with Crippen molar-refractivity contribution in [3.8, 4) is 5.75 Å². The third-order valence-corrected chi connectivity index (χ3v) is 5.40. The molecule has 0 aliphatic carbocycles.